The highest BCUT2D eigenvalue weighted by Crippen LogP contribution is 2.59. The molecular formula is C31H44N2O. The fourth-order valence-electron chi connectivity index (χ4n) is 6.18. The van der Waals surface area contributed by atoms with Crippen LogP contribution in [0.5, 0.6) is 5.75 Å². The Morgan fingerprint density at radius 2 is 1.47 bits per heavy atom. The second-order valence-electron chi connectivity index (χ2n) is 10.8. The molecule has 1 aromatic heterocycles. The summed E-state index contributed by atoms with van der Waals surface area (Å²) >= 11 is 0. The van der Waals surface area contributed by atoms with Crippen molar-refractivity contribution in [3.8, 4) is 17.1 Å². The van der Waals surface area contributed by atoms with Gasteiger partial charge in [0.25, 0.3) is 0 Å². The summed E-state index contributed by atoms with van der Waals surface area (Å²) in [6.45, 7) is 5.05. The molecule has 34 heavy (non-hydrogen) atoms. The summed E-state index contributed by atoms with van der Waals surface area (Å²) in [5.41, 5.74) is 3.69. The van der Waals surface area contributed by atoms with Crippen LogP contribution in [-0.2, 0) is 5.41 Å². The lowest BCUT2D eigenvalue weighted by Crippen LogP contribution is -2.44. The Morgan fingerprint density at radius 3 is 2.12 bits per heavy atom. The van der Waals surface area contributed by atoms with Crippen LogP contribution >= 0.6 is 0 Å². The number of fused-ring (bicyclic) bond motifs is 3. The summed E-state index contributed by atoms with van der Waals surface area (Å²) < 4.78 is 5.71. The van der Waals surface area contributed by atoms with Gasteiger partial charge in [-0.2, -0.15) is 0 Å². The van der Waals surface area contributed by atoms with E-state index in [9.17, 15) is 0 Å². The lowest BCUT2D eigenvalue weighted by molar-refractivity contribution is 0.0304. The minimum absolute atomic E-state index is 0.409. The van der Waals surface area contributed by atoms with Gasteiger partial charge in [-0.1, -0.05) is 88.8 Å². The Morgan fingerprint density at radius 1 is 0.794 bits per heavy atom. The van der Waals surface area contributed by atoms with E-state index in [1.54, 1.807) is 12.4 Å². The molecule has 2 aromatic rings. The largest absolute Gasteiger partial charge is 0.486 e. The molecule has 0 saturated heterocycles. The number of unbranched alkanes of at least 4 members (excludes halogenated alkanes) is 5. The van der Waals surface area contributed by atoms with Gasteiger partial charge < -0.3 is 4.74 Å². The molecule has 3 fully saturated rings. The van der Waals surface area contributed by atoms with Gasteiger partial charge >= 0.3 is 0 Å². The number of ether oxygens (including phenoxy) is 1. The normalized spacial score (nSPS) is 24.1. The van der Waals surface area contributed by atoms with Gasteiger partial charge in [0.2, 0.25) is 0 Å². The van der Waals surface area contributed by atoms with E-state index in [4.69, 9.17) is 4.74 Å². The Balaban J connectivity index is 1.30. The van der Waals surface area contributed by atoms with Crippen LogP contribution in [0, 0.1) is 5.41 Å². The topological polar surface area (TPSA) is 35.0 Å². The molecule has 3 aliphatic carbocycles. The SMILES string of the molecule is CCCC=CCOc1cnc(-c2ccc(C34CCC(CCCCCCC)(CC3)CC4)cc2)nc1. The summed E-state index contributed by atoms with van der Waals surface area (Å²) in [6, 6.07) is 9.14. The van der Waals surface area contributed by atoms with Gasteiger partial charge in [0.05, 0.1) is 12.4 Å². The summed E-state index contributed by atoms with van der Waals surface area (Å²) in [5, 5.41) is 0. The van der Waals surface area contributed by atoms with E-state index < -0.39 is 0 Å². The second-order valence-corrected chi connectivity index (χ2v) is 10.8. The zero-order chi connectivity index (χ0) is 23.7. The summed E-state index contributed by atoms with van der Waals surface area (Å²) in [7, 11) is 0. The molecule has 3 heteroatoms. The first-order valence-corrected chi connectivity index (χ1v) is 13.9. The number of nitrogens with zero attached hydrogens (tertiary/aromatic N) is 2. The molecule has 3 aliphatic rings. The Hall–Kier alpha value is -2.16. The minimum atomic E-state index is 0.409. The third-order valence-electron chi connectivity index (χ3n) is 8.56. The van der Waals surface area contributed by atoms with Crippen molar-refractivity contribution < 1.29 is 4.74 Å². The fourth-order valence-corrected chi connectivity index (χ4v) is 6.18. The van der Waals surface area contributed by atoms with Crippen LogP contribution < -0.4 is 4.74 Å². The molecule has 2 bridgehead atoms. The van der Waals surface area contributed by atoms with Crippen molar-refractivity contribution >= 4 is 0 Å². The number of allylic oxidation sites excluding steroid dienone is 1. The van der Waals surface area contributed by atoms with Crippen LogP contribution in [0.15, 0.2) is 48.8 Å². The number of benzene rings is 1. The van der Waals surface area contributed by atoms with Gasteiger partial charge in [-0.15, -0.1) is 0 Å². The van der Waals surface area contributed by atoms with E-state index in [0.29, 0.717) is 17.4 Å². The van der Waals surface area contributed by atoms with Crippen LogP contribution in [0.25, 0.3) is 11.4 Å². The van der Waals surface area contributed by atoms with E-state index in [-0.39, 0.29) is 0 Å². The predicted octanol–water partition coefficient (Wildman–Crippen LogP) is 8.83. The summed E-state index contributed by atoms with van der Waals surface area (Å²) in [6.07, 6.45) is 27.0. The van der Waals surface area contributed by atoms with Crippen LogP contribution in [-0.4, -0.2) is 16.6 Å². The molecule has 0 aliphatic heterocycles. The molecule has 0 N–H and O–H groups in total. The smallest absolute Gasteiger partial charge is 0.159 e. The molecule has 3 nitrogen and oxygen atoms in total. The minimum Gasteiger partial charge on any atom is -0.486 e. The molecule has 1 aromatic carbocycles. The molecule has 1 heterocycles. The summed E-state index contributed by atoms with van der Waals surface area (Å²) in [5.74, 6) is 1.49. The Bertz CT molecular complexity index is 876. The average molecular weight is 461 g/mol. The van der Waals surface area contributed by atoms with Crippen LogP contribution in [0.2, 0.25) is 0 Å². The molecule has 3 saturated carbocycles. The van der Waals surface area contributed by atoms with Gasteiger partial charge in [-0.05, 0) is 67.8 Å². The molecule has 0 atom stereocenters. The molecule has 0 amide bonds. The Kier molecular flexibility index (Phi) is 8.80. The third-order valence-corrected chi connectivity index (χ3v) is 8.56. The lowest BCUT2D eigenvalue weighted by atomic mass is 9.51. The zero-order valence-electron chi connectivity index (χ0n) is 21.5. The molecular weight excluding hydrogens is 416 g/mol. The average Bonchev–Trinajstić information content (AvgIpc) is 2.90. The van der Waals surface area contributed by atoms with Gasteiger partial charge in [0.1, 0.15) is 6.61 Å². The van der Waals surface area contributed by atoms with E-state index in [0.717, 1.165) is 30.0 Å². The van der Waals surface area contributed by atoms with Crippen LogP contribution in [0.1, 0.15) is 109 Å². The zero-order valence-corrected chi connectivity index (χ0v) is 21.5. The van der Waals surface area contributed by atoms with Gasteiger partial charge in [-0.25, -0.2) is 9.97 Å². The maximum atomic E-state index is 5.71. The molecule has 0 radical (unpaired) electrons. The maximum absolute atomic E-state index is 5.71. The highest BCUT2D eigenvalue weighted by molar-refractivity contribution is 5.56. The summed E-state index contributed by atoms with van der Waals surface area (Å²) in [4.78, 5) is 9.09. The number of hydrogen-bond donors (Lipinski definition) is 0. The van der Waals surface area contributed by atoms with Gasteiger partial charge in [-0.3, -0.25) is 0 Å². The van der Waals surface area contributed by atoms with Gasteiger partial charge in [0, 0.05) is 5.56 Å². The maximum Gasteiger partial charge on any atom is 0.159 e. The van der Waals surface area contributed by atoms with Crippen molar-refractivity contribution in [3.63, 3.8) is 0 Å². The third kappa shape index (κ3) is 6.09. The molecule has 5 rings (SSSR count). The standard InChI is InChI=1S/C31H44N2O/c1-3-5-7-9-10-16-30-17-20-31(21-18-30,22-19-30)27-14-12-26(13-15-27)29-32-24-28(25-33-29)34-23-11-8-6-4-2/h8,11-15,24-25H,3-7,9-10,16-23H2,1-2H3. The first-order chi connectivity index (χ1) is 16.7. The fraction of sp³-hybridized carbons (Fsp3) is 0.613. The van der Waals surface area contributed by atoms with E-state index >= 15 is 0 Å². The lowest BCUT2D eigenvalue weighted by Gasteiger charge is -2.54. The van der Waals surface area contributed by atoms with Crippen molar-refractivity contribution in [2.75, 3.05) is 6.61 Å². The van der Waals surface area contributed by atoms with Crippen molar-refractivity contribution in [1.29, 1.82) is 0 Å². The quantitative estimate of drug-likeness (QED) is 0.221. The van der Waals surface area contributed by atoms with Crippen molar-refractivity contribution in [3.05, 3.63) is 54.4 Å². The van der Waals surface area contributed by atoms with Gasteiger partial charge in [0.15, 0.2) is 11.6 Å². The number of aromatic nitrogens is 2. The first-order valence-electron chi connectivity index (χ1n) is 13.9. The van der Waals surface area contributed by atoms with Crippen LogP contribution in [0.3, 0.4) is 0 Å². The monoisotopic (exact) mass is 460 g/mol. The number of rotatable bonds is 13. The molecule has 0 unspecified atom stereocenters. The molecule has 0 spiro atoms. The second kappa shape index (κ2) is 12.0. The van der Waals surface area contributed by atoms with Crippen molar-refractivity contribution in [1.82, 2.24) is 9.97 Å². The highest BCUT2D eigenvalue weighted by atomic mass is 16.5. The first kappa shape index (κ1) is 24.9. The highest BCUT2D eigenvalue weighted by Gasteiger charge is 2.48. The van der Waals surface area contributed by atoms with Crippen molar-refractivity contribution in [2.45, 2.75) is 109 Å². The number of hydrogen-bond acceptors (Lipinski definition) is 3. The Labute approximate surface area is 207 Å². The predicted molar refractivity (Wildman–Crippen MR) is 142 cm³/mol. The van der Waals surface area contributed by atoms with E-state index in [2.05, 4.69) is 60.2 Å². The van der Waals surface area contributed by atoms with E-state index in [1.165, 1.54) is 82.6 Å². The van der Waals surface area contributed by atoms with E-state index in [1.807, 2.05) is 0 Å². The van der Waals surface area contributed by atoms with Crippen LogP contribution in [0.4, 0.5) is 0 Å². The molecule has 184 valence electrons. The van der Waals surface area contributed by atoms with Crippen molar-refractivity contribution in [2.24, 2.45) is 5.41 Å².